The minimum absolute atomic E-state index is 0.300. The van der Waals surface area contributed by atoms with Gasteiger partial charge in [0.05, 0.1) is 31.7 Å². The summed E-state index contributed by atoms with van der Waals surface area (Å²) in [7, 11) is 4.18. The highest BCUT2D eigenvalue weighted by atomic mass is 19.1. The molecule has 3 rings (SSSR count). The summed E-state index contributed by atoms with van der Waals surface area (Å²) in [5, 5.41) is 2.71. The number of nitrogens with zero attached hydrogens (tertiary/aromatic N) is 4. The molecule has 5 nitrogen and oxygen atoms in total. The van der Waals surface area contributed by atoms with Gasteiger partial charge in [-0.15, -0.1) is 0 Å². The predicted molar refractivity (Wildman–Crippen MR) is 135 cm³/mol. The molecule has 1 aromatic heterocycles. The molecule has 1 N–H and O–H groups in total. The van der Waals surface area contributed by atoms with Gasteiger partial charge in [0.25, 0.3) is 5.82 Å². The maximum absolute atomic E-state index is 13.0. The van der Waals surface area contributed by atoms with Gasteiger partial charge in [0.1, 0.15) is 24.5 Å². The number of rotatable bonds is 6. The van der Waals surface area contributed by atoms with Crippen LogP contribution in [0.2, 0.25) is 0 Å². The highest BCUT2D eigenvalue weighted by Crippen LogP contribution is 2.26. The number of hydrogen-bond acceptors (Lipinski definition) is 1. The van der Waals surface area contributed by atoms with Gasteiger partial charge in [-0.1, -0.05) is 58.0 Å². The van der Waals surface area contributed by atoms with Crippen molar-refractivity contribution in [1.82, 2.24) is 4.57 Å². The first kappa shape index (κ1) is 26.8. The molecule has 1 heterocycles. The van der Waals surface area contributed by atoms with Crippen molar-refractivity contribution < 1.29 is 8.96 Å². The second kappa shape index (κ2) is 14.7. The number of hydrogen-bond donors (Lipinski definition) is 1. The summed E-state index contributed by atoms with van der Waals surface area (Å²) < 4.78 is 17.3. The Kier molecular flexibility index (Phi) is 12.3. The van der Waals surface area contributed by atoms with Crippen LogP contribution in [-0.4, -0.2) is 23.8 Å². The van der Waals surface area contributed by atoms with E-state index in [9.17, 15) is 4.39 Å². The molecule has 0 radical (unpaired) electrons. The molecule has 0 aliphatic heterocycles. The first-order valence-corrected chi connectivity index (χ1v) is 11.1. The fourth-order valence-corrected chi connectivity index (χ4v) is 3.02. The van der Waals surface area contributed by atoms with Gasteiger partial charge in [0.2, 0.25) is 0 Å². The number of anilines is 1. The normalized spacial score (nSPS) is 10.7. The molecule has 0 fully saturated rings. The van der Waals surface area contributed by atoms with E-state index >= 15 is 0 Å². The van der Waals surface area contributed by atoms with E-state index in [2.05, 4.69) is 89.0 Å². The van der Waals surface area contributed by atoms with Crippen molar-refractivity contribution in [2.75, 3.05) is 11.9 Å². The third-order valence-corrected chi connectivity index (χ3v) is 4.51. The average molecular weight is 439 g/mol. The molecule has 0 saturated heterocycles. The number of para-hydroxylation sites is 1. The highest BCUT2D eigenvalue weighted by Gasteiger charge is 2.18. The molecule has 0 saturated carbocycles. The molecule has 0 aliphatic carbocycles. The van der Waals surface area contributed by atoms with E-state index in [0.717, 1.165) is 0 Å². The SMILES string of the molecule is CC.CC(C)c1ccccc1-c1n(C)cc[n+]1C.CCN=CN=CNc1ccccc1F. The Bertz CT molecular complexity index is 970. The van der Waals surface area contributed by atoms with Gasteiger partial charge < -0.3 is 5.32 Å². The molecule has 0 bridgehead atoms. The van der Waals surface area contributed by atoms with E-state index in [-0.39, 0.29) is 5.82 Å². The molecule has 32 heavy (non-hydrogen) atoms. The third kappa shape index (κ3) is 8.10. The van der Waals surface area contributed by atoms with Gasteiger partial charge in [-0.2, -0.15) is 0 Å². The third-order valence-electron chi connectivity index (χ3n) is 4.51. The summed E-state index contributed by atoms with van der Waals surface area (Å²) in [4.78, 5) is 7.67. The predicted octanol–water partition coefficient (Wildman–Crippen LogP) is 5.98. The number of aromatic nitrogens is 2. The topological polar surface area (TPSA) is 45.6 Å². The molecule has 0 amide bonds. The van der Waals surface area contributed by atoms with E-state index in [1.165, 1.54) is 35.7 Å². The van der Waals surface area contributed by atoms with Crippen LogP contribution >= 0.6 is 0 Å². The van der Waals surface area contributed by atoms with Crippen LogP contribution in [0.25, 0.3) is 11.4 Å². The molecule has 6 heteroatoms. The summed E-state index contributed by atoms with van der Waals surface area (Å²) >= 11 is 0. The fourth-order valence-electron chi connectivity index (χ4n) is 3.02. The Morgan fingerprint density at radius 3 is 2.34 bits per heavy atom. The number of halogens is 1. The molecule has 0 spiro atoms. The Labute approximate surface area is 192 Å². The number of benzene rings is 2. The molecule has 0 unspecified atom stereocenters. The molecular formula is C26H37FN5+. The van der Waals surface area contributed by atoms with Crippen LogP contribution in [0.15, 0.2) is 70.9 Å². The number of imidazole rings is 1. The Morgan fingerprint density at radius 2 is 1.75 bits per heavy atom. The Balaban J connectivity index is 0.000000300. The number of aliphatic imine (C=N–C) groups is 2. The van der Waals surface area contributed by atoms with Gasteiger partial charge >= 0.3 is 0 Å². The first-order valence-electron chi connectivity index (χ1n) is 11.1. The summed E-state index contributed by atoms with van der Waals surface area (Å²) in [5.41, 5.74) is 3.13. The van der Waals surface area contributed by atoms with Crippen molar-refractivity contribution in [2.45, 2.75) is 40.5 Å². The van der Waals surface area contributed by atoms with Crippen LogP contribution in [0.1, 0.15) is 46.1 Å². The highest BCUT2D eigenvalue weighted by molar-refractivity contribution is 5.81. The maximum atomic E-state index is 13.0. The quantitative estimate of drug-likeness (QED) is 0.287. The minimum atomic E-state index is -0.300. The molecule has 0 atom stereocenters. The smallest absolute Gasteiger partial charge is 0.288 e. The summed E-state index contributed by atoms with van der Waals surface area (Å²) in [6.45, 7) is 11.1. The first-order chi connectivity index (χ1) is 15.5. The molecule has 0 aliphatic rings. The summed E-state index contributed by atoms with van der Waals surface area (Å²) in [5.74, 6) is 1.50. The zero-order chi connectivity index (χ0) is 23.9. The second-order valence-corrected chi connectivity index (χ2v) is 7.10. The molecular weight excluding hydrogens is 401 g/mol. The van der Waals surface area contributed by atoms with E-state index in [1.54, 1.807) is 18.2 Å². The standard InChI is InChI=1S/C14H19N2.C10H12FN3.C2H6/c1-11(2)12-7-5-6-8-13(12)14-15(3)9-10-16(14)4;1-2-12-7-13-8-14-10-6-4-3-5-9(10)11;1-2/h5-11H,1-4H3;3-8H,2H2,1H3,(H,12,13,14);1-2H3/q+1;;. The van der Waals surface area contributed by atoms with E-state index in [0.29, 0.717) is 18.2 Å². The lowest BCUT2D eigenvalue weighted by atomic mass is 9.97. The Morgan fingerprint density at radius 1 is 1.09 bits per heavy atom. The molecule has 172 valence electrons. The second-order valence-electron chi connectivity index (χ2n) is 7.10. The van der Waals surface area contributed by atoms with E-state index < -0.39 is 0 Å². The van der Waals surface area contributed by atoms with Crippen LogP contribution in [0.5, 0.6) is 0 Å². The van der Waals surface area contributed by atoms with Gasteiger partial charge in [-0.3, -0.25) is 4.99 Å². The van der Waals surface area contributed by atoms with Gasteiger partial charge in [-0.05, 0) is 36.6 Å². The average Bonchev–Trinajstić information content (AvgIpc) is 3.14. The summed E-state index contributed by atoms with van der Waals surface area (Å²) in [6.07, 6.45) is 7.00. The van der Waals surface area contributed by atoms with Crippen LogP contribution in [-0.2, 0) is 14.1 Å². The van der Waals surface area contributed by atoms with Crippen molar-refractivity contribution in [3.8, 4) is 11.4 Å². The van der Waals surface area contributed by atoms with Gasteiger partial charge in [0.15, 0.2) is 0 Å². The maximum Gasteiger partial charge on any atom is 0.288 e. The molecule has 3 aromatic rings. The van der Waals surface area contributed by atoms with E-state index in [1.807, 2.05) is 20.8 Å². The van der Waals surface area contributed by atoms with Crippen molar-refractivity contribution in [3.63, 3.8) is 0 Å². The minimum Gasteiger partial charge on any atom is -0.344 e. The van der Waals surface area contributed by atoms with Crippen LogP contribution < -0.4 is 9.88 Å². The van der Waals surface area contributed by atoms with E-state index in [4.69, 9.17) is 0 Å². The lowest BCUT2D eigenvalue weighted by Gasteiger charge is -2.10. The van der Waals surface area contributed by atoms with Crippen molar-refractivity contribution >= 4 is 18.4 Å². The van der Waals surface area contributed by atoms with Gasteiger partial charge in [0, 0.05) is 6.54 Å². The number of nitrogens with one attached hydrogen (secondary N) is 1. The largest absolute Gasteiger partial charge is 0.344 e. The summed E-state index contributed by atoms with van der Waals surface area (Å²) in [6, 6.07) is 15.0. The van der Waals surface area contributed by atoms with Crippen molar-refractivity contribution in [1.29, 1.82) is 0 Å². The monoisotopic (exact) mass is 438 g/mol. The van der Waals surface area contributed by atoms with Gasteiger partial charge in [-0.25, -0.2) is 18.5 Å². The zero-order valence-electron chi connectivity index (χ0n) is 20.4. The zero-order valence-corrected chi connectivity index (χ0v) is 20.4. The van der Waals surface area contributed by atoms with Crippen LogP contribution in [0, 0.1) is 5.82 Å². The van der Waals surface area contributed by atoms with Crippen LogP contribution in [0.4, 0.5) is 10.1 Å². The fraction of sp³-hybridized carbons (Fsp3) is 0.346. The van der Waals surface area contributed by atoms with Crippen molar-refractivity contribution in [2.24, 2.45) is 24.1 Å². The van der Waals surface area contributed by atoms with Crippen molar-refractivity contribution in [3.05, 3.63) is 72.3 Å². The van der Waals surface area contributed by atoms with Crippen LogP contribution in [0.3, 0.4) is 0 Å². The lowest BCUT2D eigenvalue weighted by molar-refractivity contribution is -0.659. The number of aryl methyl sites for hydroxylation is 2. The molecule has 2 aromatic carbocycles. The lowest BCUT2D eigenvalue weighted by Crippen LogP contribution is -2.29. The Hall–Kier alpha value is -3.28.